The lowest BCUT2D eigenvalue weighted by atomic mass is 10.3. The second-order valence-corrected chi connectivity index (χ2v) is 4.10. The molecule has 20 heavy (non-hydrogen) atoms. The fourth-order valence-corrected chi connectivity index (χ4v) is 1.54. The van der Waals surface area contributed by atoms with Gasteiger partial charge in [0.05, 0.1) is 17.4 Å². The van der Waals surface area contributed by atoms with Crippen molar-refractivity contribution in [3.63, 3.8) is 0 Å². The van der Waals surface area contributed by atoms with Gasteiger partial charge in [0.25, 0.3) is 0 Å². The van der Waals surface area contributed by atoms with Gasteiger partial charge < -0.3 is 15.1 Å². The Bertz CT molecular complexity index is 570. The summed E-state index contributed by atoms with van der Waals surface area (Å²) in [5, 5.41) is 16.9. The van der Waals surface area contributed by atoms with Crippen LogP contribution in [0.15, 0.2) is 29.2 Å². The number of hydrogen-bond acceptors (Lipinski definition) is 7. The van der Waals surface area contributed by atoms with E-state index < -0.39 is 4.92 Å². The van der Waals surface area contributed by atoms with Crippen molar-refractivity contribution in [2.75, 3.05) is 17.2 Å². The molecule has 0 saturated heterocycles. The maximum atomic E-state index is 11.0. The Morgan fingerprint density at radius 2 is 2.30 bits per heavy atom. The fraction of sp³-hybridized carbons (Fsp3) is 0.333. The summed E-state index contributed by atoms with van der Waals surface area (Å²) in [4.78, 5) is 18.5. The minimum absolute atomic E-state index is 0.157. The first kappa shape index (κ1) is 13.8. The third-order valence-electron chi connectivity index (χ3n) is 2.54. The van der Waals surface area contributed by atoms with Crippen molar-refractivity contribution in [1.82, 2.24) is 9.97 Å². The Balaban J connectivity index is 2.15. The van der Waals surface area contributed by atoms with Gasteiger partial charge in [0.2, 0.25) is 11.8 Å². The minimum Gasteiger partial charge on any atom is -0.472 e. The summed E-state index contributed by atoms with van der Waals surface area (Å²) in [6.07, 6.45) is 5.22. The van der Waals surface area contributed by atoms with Crippen LogP contribution in [0.25, 0.3) is 0 Å². The number of hydrogen-bond donors (Lipinski definition) is 2. The lowest BCUT2D eigenvalue weighted by molar-refractivity contribution is -0.384. The first-order valence-corrected chi connectivity index (χ1v) is 6.21. The highest BCUT2D eigenvalue weighted by Gasteiger charge is 2.17. The molecule has 106 valence electrons. The maximum Gasteiger partial charge on any atom is 0.329 e. The molecule has 2 aromatic heterocycles. The van der Waals surface area contributed by atoms with Gasteiger partial charge in [-0.1, -0.05) is 6.92 Å². The van der Waals surface area contributed by atoms with Crippen LogP contribution < -0.4 is 10.6 Å². The Hall–Kier alpha value is -2.64. The SMILES string of the molecule is CCCNc1ncc([N+](=O)[O-])c(NCc2ccoc2)n1. The van der Waals surface area contributed by atoms with Crippen molar-refractivity contribution < 1.29 is 9.34 Å². The van der Waals surface area contributed by atoms with Gasteiger partial charge >= 0.3 is 5.69 Å². The predicted molar refractivity (Wildman–Crippen MR) is 73.5 cm³/mol. The molecule has 2 heterocycles. The fourth-order valence-electron chi connectivity index (χ4n) is 1.54. The van der Waals surface area contributed by atoms with Crippen LogP contribution in [0, 0.1) is 10.1 Å². The standard InChI is InChI=1S/C12H15N5O3/c1-2-4-13-12-15-7-10(17(18)19)11(16-12)14-6-9-3-5-20-8-9/h3,5,7-8H,2,4,6H2,1H3,(H2,13,14,15,16). The normalized spacial score (nSPS) is 10.2. The zero-order valence-corrected chi connectivity index (χ0v) is 11.0. The predicted octanol–water partition coefficient (Wildman–Crippen LogP) is 2.41. The lowest BCUT2D eigenvalue weighted by Gasteiger charge is -2.07. The molecule has 0 aliphatic heterocycles. The van der Waals surface area contributed by atoms with Crippen LogP contribution in [0.2, 0.25) is 0 Å². The summed E-state index contributed by atoms with van der Waals surface area (Å²) in [6, 6.07) is 1.77. The average Bonchev–Trinajstić information content (AvgIpc) is 2.96. The van der Waals surface area contributed by atoms with Crippen LogP contribution in [0.1, 0.15) is 18.9 Å². The van der Waals surface area contributed by atoms with Crippen LogP contribution in [0.3, 0.4) is 0 Å². The summed E-state index contributed by atoms with van der Waals surface area (Å²) in [7, 11) is 0. The summed E-state index contributed by atoms with van der Waals surface area (Å²) in [5.74, 6) is 0.553. The van der Waals surface area contributed by atoms with Crippen molar-refractivity contribution in [2.45, 2.75) is 19.9 Å². The van der Waals surface area contributed by atoms with Crippen molar-refractivity contribution in [3.05, 3.63) is 40.5 Å². The van der Waals surface area contributed by atoms with Gasteiger partial charge in [-0.2, -0.15) is 4.98 Å². The number of aromatic nitrogens is 2. The molecular formula is C12H15N5O3. The number of nitrogens with one attached hydrogen (secondary N) is 2. The molecule has 0 aromatic carbocycles. The van der Waals surface area contributed by atoms with E-state index in [2.05, 4.69) is 20.6 Å². The zero-order valence-electron chi connectivity index (χ0n) is 11.0. The van der Waals surface area contributed by atoms with Gasteiger partial charge in [-0.15, -0.1) is 0 Å². The average molecular weight is 277 g/mol. The van der Waals surface area contributed by atoms with E-state index in [-0.39, 0.29) is 11.5 Å². The first-order chi connectivity index (χ1) is 9.70. The lowest BCUT2D eigenvalue weighted by Crippen LogP contribution is -2.09. The summed E-state index contributed by atoms with van der Waals surface area (Å²) < 4.78 is 4.94. The largest absolute Gasteiger partial charge is 0.472 e. The number of nitro groups is 1. The molecule has 0 spiro atoms. The van der Waals surface area contributed by atoms with Crippen molar-refractivity contribution in [1.29, 1.82) is 0 Å². The highest BCUT2D eigenvalue weighted by molar-refractivity contribution is 5.57. The second kappa shape index (κ2) is 6.50. The van der Waals surface area contributed by atoms with E-state index in [0.717, 1.165) is 12.0 Å². The molecule has 0 aliphatic rings. The molecule has 0 fully saturated rings. The molecule has 2 N–H and O–H groups in total. The number of furan rings is 1. The molecule has 0 atom stereocenters. The first-order valence-electron chi connectivity index (χ1n) is 6.21. The van der Waals surface area contributed by atoms with E-state index in [1.807, 2.05) is 6.92 Å². The second-order valence-electron chi connectivity index (χ2n) is 4.10. The van der Waals surface area contributed by atoms with Crippen molar-refractivity contribution >= 4 is 17.5 Å². The molecule has 0 unspecified atom stereocenters. The Morgan fingerprint density at radius 3 is 2.95 bits per heavy atom. The van der Waals surface area contributed by atoms with Crippen LogP contribution in [0.5, 0.6) is 0 Å². The monoisotopic (exact) mass is 277 g/mol. The van der Waals surface area contributed by atoms with Gasteiger partial charge in [0, 0.05) is 18.7 Å². The smallest absolute Gasteiger partial charge is 0.329 e. The molecular weight excluding hydrogens is 262 g/mol. The van der Waals surface area contributed by atoms with Crippen LogP contribution in [-0.4, -0.2) is 21.4 Å². The molecule has 0 aliphatic carbocycles. The van der Waals surface area contributed by atoms with Gasteiger partial charge in [0.1, 0.15) is 6.20 Å². The van der Waals surface area contributed by atoms with Crippen molar-refractivity contribution in [3.8, 4) is 0 Å². The van der Waals surface area contributed by atoms with Crippen LogP contribution in [0.4, 0.5) is 17.5 Å². The number of rotatable bonds is 7. The van der Waals surface area contributed by atoms with E-state index in [1.165, 1.54) is 6.20 Å². The zero-order chi connectivity index (χ0) is 14.4. The highest BCUT2D eigenvalue weighted by Crippen LogP contribution is 2.22. The van der Waals surface area contributed by atoms with E-state index >= 15 is 0 Å². The summed E-state index contributed by atoms with van der Waals surface area (Å²) >= 11 is 0. The van der Waals surface area contributed by atoms with Crippen LogP contribution >= 0.6 is 0 Å². The Kier molecular flexibility index (Phi) is 4.48. The Morgan fingerprint density at radius 1 is 1.45 bits per heavy atom. The maximum absolute atomic E-state index is 11.0. The van der Waals surface area contributed by atoms with Gasteiger partial charge in [-0.3, -0.25) is 10.1 Å². The quantitative estimate of drug-likeness (QED) is 0.591. The van der Waals surface area contributed by atoms with Crippen molar-refractivity contribution in [2.24, 2.45) is 0 Å². The molecule has 0 bridgehead atoms. The third kappa shape index (κ3) is 3.44. The molecule has 2 aromatic rings. The highest BCUT2D eigenvalue weighted by atomic mass is 16.6. The number of nitrogens with zero attached hydrogens (tertiary/aromatic N) is 3. The molecule has 0 amide bonds. The van der Waals surface area contributed by atoms with E-state index in [0.29, 0.717) is 19.0 Å². The molecule has 0 saturated carbocycles. The summed E-state index contributed by atoms with van der Waals surface area (Å²) in [6.45, 7) is 3.11. The molecule has 8 nitrogen and oxygen atoms in total. The third-order valence-corrected chi connectivity index (χ3v) is 2.54. The number of anilines is 2. The van der Waals surface area contributed by atoms with Gasteiger partial charge in [0.15, 0.2) is 0 Å². The molecule has 2 rings (SSSR count). The Labute approximate surface area is 115 Å². The van der Waals surface area contributed by atoms with E-state index in [1.54, 1.807) is 18.6 Å². The summed E-state index contributed by atoms with van der Waals surface area (Å²) in [5.41, 5.74) is 0.719. The molecule has 8 heteroatoms. The van der Waals surface area contributed by atoms with Crippen LogP contribution in [-0.2, 0) is 6.54 Å². The topological polar surface area (TPSA) is 106 Å². The van der Waals surface area contributed by atoms with Gasteiger partial charge in [-0.25, -0.2) is 4.98 Å². The minimum atomic E-state index is -0.513. The van der Waals surface area contributed by atoms with E-state index in [4.69, 9.17) is 4.42 Å². The van der Waals surface area contributed by atoms with E-state index in [9.17, 15) is 10.1 Å². The molecule has 0 radical (unpaired) electrons. The van der Waals surface area contributed by atoms with Gasteiger partial charge in [-0.05, 0) is 12.5 Å².